The number of hydrogen-bond acceptors (Lipinski definition) is 3. The predicted octanol–water partition coefficient (Wildman–Crippen LogP) is 1.46. The van der Waals surface area contributed by atoms with E-state index in [0.29, 0.717) is 38.4 Å². The topological polar surface area (TPSA) is 83.6 Å². The van der Waals surface area contributed by atoms with E-state index in [1.807, 2.05) is 0 Å². The average Bonchev–Trinajstić information content (AvgIpc) is 2.43. The number of aliphatic carboxylic acids is 1. The van der Waals surface area contributed by atoms with Crippen molar-refractivity contribution in [1.82, 2.24) is 4.90 Å². The van der Waals surface area contributed by atoms with Crippen molar-refractivity contribution >= 4 is 11.9 Å². The fourth-order valence-corrected chi connectivity index (χ4v) is 2.68. The van der Waals surface area contributed by atoms with Crippen LogP contribution in [-0.2, 0) is 9.59 Å². The van der Waals surface area contributed by atoms with Gasteiger partial charge in [0.25, 0.3) is 0 Å². The molecule has 19 heavy (non-hydrogen) atoms. The van der Waals surface area contributed by atoms with E-state index in [9.17, 15) is 9.59 Å². The van der Waals surface area contributed by atoms with Crippen LogP contribution in [0.1, 0.15) is 45.4 Å². The first kappa shape index (κ1) is 16.0. The van der Waals surface area contributed by atoms with E-state index < -0.39 is 5.97 Å². The molecule has 0 spiro atoms. The number of carboxylic acids is 1. The Hall–Kier alpha value is -1.10. The summed E-state index contributed by atoms with van der Waals surface area (Å²) >= 11 is 0. The van der Waals surface area contributed by atoms with Crippen molar-refractivity contribution in [2.45, 2.75) is 45.4 Å². The van der Waals surface area contributed by atoms with Gasteiger partial charge in [0.2, 0.25) is 5.91 Å². The molecule has 0 bridgehead atoms. The van der Waals surface area contributed by atoms with E-state index in [1.54, 1.807) is 4.90 Å². The smallest absolute Gasteiger partial charge is 0.308 e. The number of likely N-dealkylation sites (tertiary alicyclic amines) is 1. The maximum atomic E-state index is 12.1. The molecule has 1 aliphatic rings. The lowest BCUT2D eigenvalue weighted by atomic mass is 9.95. The number of nitrogens with two attached hydrogens (primary N) is 1. The summed E-state index contributed by atoms with van der Waals surface area (Å²) < 4.78 is 0. The number of hydrogen-bond donors (Lipinski definition) is 2. The Labute approximate surface area is 115 Å². The summed E-state index contributed by atoms with van der Waals surface area (Å²) in [6.45, 7) is 3.86. The van der Waals surface area contributed by atoms with Crippen LogP contribution in [0.15, 0.2) is 0 Å². The summed E-state index contributed by atoms with van der Waals surface area (Å²) in [5, 5.41) is 9.01. The van der Waals surface area contributed by atoms with Crippen molar-refractivity contribution in [2.75, 3.05) is 19.6 Å². The highest BCUT2D eigenvalue weighted by atomic mass is 16.4. The summed E-state index contributed by atoms with van der Waals surface area (Å²) in [5.74, 6) is -0.564. The van der Waals surface area contributed by atoms with E-state index in [1.165, 1.54) is 0 Å². The van der Waals surface area contributed by atoms with Crippen LogP contribution in [-0.4, -0.2) is 41.5 Å². The second kappa shape index (κ2) is 8.15. The number of amides is 1. The van der Waals surface area contributed by atoms with Crippen LogP contribution in [0.2, 0.25) is 0 Å². The number of piperidine rings is 1. The Morgan fingerprint density at radius 1 is 1.42 bits per heavy atom. The molecular weight excluding hydrogens is 244 g/mol. The molecular formula is C14H26N2O3. The Morgan fingerprint density at radius 2 is 2.16 bits per heavy atom. The Morgan fingerprint density at radius 3 is 2.74 bits per heavy atom. The molecule has 1 heterocycles. The highest BCUT2D eigenvalue weighted by Gasteiger charge is 2.27. The minimum atomic E-state index is -0.785. The number of carbonyl (C=O) groups excluding carboxylic acids is 1. The third kappa shape index (κ3) is 5.19. The van der Waals surface area contributed by atoms with Gasteiger partial charge in [0, 0.05) is 19.5 Å². The Balaban J connectivity index is 2.38. The van der Waals surface area contributed by atoms with Crippen LogP contribution in [0.25, 0.3) is 0 Å². The first-order chi connectivity index (χ1) is 9.08. The molecule has 1 saturated heterocycles. The van der Waals surface area contributed by atoms with Crippen molar-refractivity contribution < 1.29 is 14.7 Å². The standard InChI is InChI=1S/C14H26N2O3/c1-2-11(7-8-15)5-6-13(17)16-9-3-4-12(10-16)14(18)19/h11-12H,2-10,15H2,1H3,(H,18,19)/t11?,12-/m0/s1. The number of rotatable bonds is 7. The fourth-order valence-electron chi connectivity index (χ4n) is 2.68. The zero-order chi connectivity index (χ0) is 14.3. The second-order valence-electron chi connectivity index (χ2n) is 5.41. The summed E-state index contributed by atoms with van der Waals surface area (Å²) in [4.78, 5) is 24.8. The van der Waals surface area contributed by atoms with Crippen molar-refractivity contribution in [1.29, 1.82) is 0 Å². The van der Waals surface area contributed by atoms with Gasteiger partial charge >= 0.3 is 5.97 Å². The van der Waals surface area contributed by atoms with Gasteiger partial charge in [-0.1, -0.05) is 13.3 Å². The minimum Gasteiger partial charge on any atom is -0.481 e. The van der Waals surface area contributed by atoms with Gasteiger partial charge in [-0.05, 0) is 38.1 Å². The maximum Gasteiger partial charge on any atom is 0.308 e. The van der Waals surface area contributed by atoms with E-state index in [0.717, 1.165) is 25.7 Å². The molecule has 110 valence electrons. The van der Waals surface area contributed by atoms with Crippen molar-refractivity contribution in [3.8, 4) is 0 Å². The summed E-state index contributed by atoms with van der Waals surface area (Å²) in [6.07, 6.45) is 4.86. The van der Waals surface area contributed by atoms with Crippen LogP contribution in [0.5, 0.6) is 0 Å². The molecule has 1 unspecified atom stereocenters. The molecule has 1 aliphatic heterocycles. The maximum absolute atomic E-state index is 12.1. The molecule has 1 amide bonds. The van der Waals surface area contributed by atoms with Gasteiger partial charge in [-0.2, -0.15) is 0 Å². The highest BCUT2D eigenvalue weighted by molar-refractivity contribution is 5.78. The Kier molecular flexibility index (Phi) is 6.84. The second-order valence-corrected chi connectivity index (χ2v) is 5.41. The normalized spacial score (nSPS) is 21.2. The molecule has 5 heteroatoms. The fraction of sp³-hybridized carbons (Fsp3) is 0.857. The lowest BCUT2D eigenvalue weighted by molar-refractivity contribution is -0.145. The van der Waals surface area contributed by atoms with Crippen molar-refractivity contribution in [2.24, 2.45) is 17.6 Å². The van der Waals surface area contributed by atoms with E-state index >= 15 is 0 Å². The first-order valence-corrected chi connectivity index (χ1v) is 7.29. The lowest BCUT2D eigenvalue weighted by Crippen LogP contribution is -2.42. The van der Waals surface area contributed by atoms with Gasteiger partial charge in [0.1, 0.15) is 0 Å². The third-order valence-electron chi connectivity index (χ3n) is 4.04. The average molecular weight is 270 g/mol. The first-order valence-electron chi connectivity index (χ1n) is 7.29. The van der Waals surface area contributed by atoms with Crippen molar-refractivity contribution in [3.05, 3.63) is 0 Å². The zero-order valence-electron chi connectivity index (χ0n) is 11.8. The zero-order valence-corrected chi connectivity index (χ0v) is 11.8. The molecule has 1 rings (SSSR count). The molecule has 0 aromatic carbocycles. The van der Waals surface area contributed by atoms with Gasteiger partial charge in [-0.15, -0.1) is 0 Å². The van der Waals surface area contributed by atoms with E-state index in [2.05, 4.69) is 6.92 Å². The van der Waals surface area contributed by atoms with Gasteiger partial charge in [-0.3, -0.25) is 9.59 Å². The molecule has 0 saturated carbocycles. The number of carboxylic acid groups (broad SMARTS) is 1. The SMILES string of the molecule is CCC(CCN)CCC(=O)N1CCC[C@H](C(=O)O)C1. The molecule has 3 N–H and O–H groups in total. The van der Waals surface area contributed by atoms with Gasteiger partial charge in [-0.25, -0.2) is 0 Å². The van der Waals surface area contributed by atoms with E-state index in [4.69, 9.17) is 10.8 Å². The number of nitrogens with zero attached hydrogens (tertiary/aromatic N) is 1. The quantitative estimate of drug-likeness (QED) is 0.733. The van der Waals surface area contributed by atoms with Crippen LogP contribution < -0.4 is 5.73 Å². The largest absolute Gasteiger partial charge is 0.481 e. The van der Waals surface area contributed by atoms with Gasteiger partial charge < -0.3 is 15.7 Å². The predicted molar refractivity (Wildman–Crippen MR) is 73.6 cm³/mol. The molecule has 0 radical (unpaired) electrons. The van der Waals surface area contributed by atoms with Crippen LogP contribution in [0.3, 0.4) is 0 Å². The lowest BCUT2D eigenvalue weighted by Gasteiger charge is -2.31. The van der Waals surface area contributed by atoms with Crippen LogP contribution in [0.4, 0.5) is 0 Å². The van der Waals surface area contributed by atoms with Crippen LogP contribution in [0, 0.1) is 11.8 Å². The summed E-state index contributed by atoms with van der Waals surface area (Å²) in [7, 11) is 0. The molecule has 1 fully saturated rings. The van der Waals surface area contributed by atoms with Gasteiger partial charge in [0.05, 0.1) is 5.92 Å². The summed E-state index contributed by atoms with van der Waals surface area (Å²) in [5.41, 5.74) is 5.55. The third-order valence-corrected chi connectivity index (χ3v) is 4.04. The minimum absolute atomic E-state index is 0.0985. The van der Waals surface area contributed by atoms with Gasteiger partial charge in [0.15, 0.2) is 0 Å². The highest BCUT2D eigenvalue weighted by Crippen LogP contribution is 2.20. The monoisotopic (exact) mass is 270 g/mol. The summed E-state index contributed by atoms with van der Waals surface area (Å²) in [6, 6.07) is 0. The van der Waals surface area contributed by atoms with E-state index in [-0.39, 0.29) is 11.8 Å². The Bertz CT molecular complexity index is 307. The molecule has 0 aromatic heterocycles. The molecule has 0 aromatic rings. The molecule has 5 nitrogen and oxygen atoms in total. The molecule has 0 aliphatic carbocycles. The molecule has 2 atom stereocenters. The van der Waals surface area contributed by atoms with Crippen LogP contribution >= 0.6 is 0 Å². The number of carbonyl (C=O) groups is 2. The van der Waals surface area contributed by atoms with Crippen molar-refractivity contribution in [3.63, 3.8) is 0 Å².